The van der Waals surface area contributed by atoms with Gasteiger partial charge in [0.05, 0.1) is 24.7 Å². The van der Waals surface area contributed by atoms with Crippen LogP contribution in [0.1, 0.15) is 71.7 Å². The van der Waals surface area contributed by atoms with Crippen molar-refractivity contribution in [2.24, 2.45) is 5.92 Å². The zero-order valence-electron chi connectivity index (χ0n) is 25.5. The van der Waals surface area contributed by atoms with Crippen LogP contribution in [0.5, 0.6) is 11.5 Å². The van der Waals surface area contributed by atoms with Crippen LogP contribution < -0.4 is 14.8 Å². The van der Waals surface area contributed by atoms with Crippen LogP contribution in [0.2, 0.25) is 0 Å². The van der Waals surface area contributed by atoms with Crippen molar-refractivity contribution in [3.05, 3.63) is 89.5 Å². The molecular weight excluding hydrogens is 576 g/mol. The highest BCUT2D eigenvalue weighted by Crippen LogP contribution is 2.20. The Morgan fingerprint density at radius 1 is 0.867 bits per heavy atom. The number of hydrogen-bond donors (Lipinski definition) is 2. The number of unbranched alkanes of at least 4 members (excludes halogenated alkanes) is 4. The van der Waals surface area contributed by atoms with Gasteiger partial charge in [-0.1, -0.05) is 44.7 Å². The van der Waals surface area contributed by atoms with Crippen LogP contribution in [-0.4, -0.2) is 60.1 Å². The lowest BCUT2D eigenvalue weighted by molar-refractivity contribution is -0.137. The molecule has 0 spiro atoms. The van der Waals surface area contributed by atoms with Crippen molar-refractivity contribution in [3.8, 4) is 11.5 Å². The van der Waals surface area contributed by atoms with Crippen LogP contribution in [0.3, 0.4) is 0 Å². The van der Waals surface area contributed by atoms with Gasteiger partial charge >= 0.3 is 11.9 Å². The van der Waals surface area contributed by atoms with E-state index in [1.165, 1.54) is 24.2 Å². The second-order valence-corrected chi connectivity index (χ2v) is 11.0. The fourth-order valence-corrected chi connectivity index (χ4v) is 4.86. The monoisotopic (exact) mass is 616 g/mol. The van der Waals surface area contributed by atoms with Gasteiger partial charge in [0.1, 0.15) is 18.0 Å². The summed E-state index contributed by atoms with van der Waals surface area (Å²) in [4.78, 5) is 51.0. The third-order valence-electron chi connectivity index (χ3n) is 7.43. The standard InChI is InChI=1S/C35H40N2O8/c1-2-3-4-5-6-20-44-30-17-11-27(12-18-30)35(42)45-31-15-7-25(8-16-31)22-37(23-32(38)39)34(41)26-9-13-29(14-10-26)36-33(40)28-19-21-43-24-28/h7-18,28H,2-6,19-24H2,1H3,(H,36,40)(H,38,39). The fraction of sp³-hybridized carbons (Fsp3) is 0.371. The van der Waals surface area contributed by atoms with Crippen molar-refractivity contribution in [3.63, 3.8) is 0 Å². The number of nitrogens with one attached hydrogen (secondary N) is 1. The van der Waals surface area contributed by atoms with Crippen LogP contribution in [-0.2, 0) is 20.9 Å². The molecule has 0 aliphatic carbocycles. The molecule has 0 aromatic heterocycles. The number of esters is 1. The maximum absolute atomic E-state index is 13.2. The summed E-state index contributed by atoms with van der Waals surface area (Å²) in [7, 11) is 0. The normalized spacial score (nSPS) is 14.0. The number of hydrogen-bond acceptors (Lipinski definition) is 7. The van der Waals surface area contributed by atoms with Crippen LogP contribution in [0.25, 0.3) is 0 Å². The highest BCUT2D eigenvalue weighted by molar-refractivity contribution is 5.97. The third kappa shape index (κ3) is 10.5. The van der Waals surface area contributed by atoms with Gasteiger partial charge in [-0.15, -0.1) is 0 Å². The lowest BCUT2D eigenvalue weighted by Crippen LogP contribution is -2.35. The first kappa shape index (κ1) is 33.2. The van der Waals surface area contributed by atoms with E-state index in [-0.39, 0.29) is 23.9 Å². The number of carboxylic acid groups (broad SMARTS) is 1. The molecule has 10 heteroatoms. The molecule has 238 valence electrons. The fourth-order valence-electron chi connectivity index (χ4n) is 4.86. The molecule has 1 fully saturated rings. The molecule has 1 aliphatic rings. The van der Waals surface area contributed by atoms with E-state index in [0.717, 1.165) is 12.8 Å². The Labute approximate surface area is 263 Å². The lowest BCUT2D eigenvalue weighted by Gasteiger charge is -2.21. The third-order valence-corrected chi connectivity index (χ3v) is 7.43. The molecule has 3 aromatic carbocycles. The summed E-state index contributed by atoms with van der Waals surface area (Å²) in [6.45, 7) is 3.29. The van der Waals surface area contributed by atoms with E-state index in [0.29, 0.717) is 54.6 Å². The SMILES string of the molecule is CCCCCCCOc1ccc(C(=O)Oc2ccc(CN(CC(=O)O)C(=O)c3ccc(NC(=O)C4CCOC4)cc3)cc2)cc1. The van der Waals surface area contributed by atoms with E-state index in [9.17, 15) is 24.3 Å². The number of carbonyl (C=O) groups is 4. The molecule has 3 aromatic rings. The van der Waals surface area contributed by atoms with Gasteiger partial charge < -0.3 is 29.5 Å². The molecule has 1 aliphatic heterocycles. The van der Waals surface area contributed by atoms with Crippen LogP contribution >= 0.6 is 0 Å². The molecule has 1 atom stereocenters. The molecule has 4 rings (SSSR count). The second-order valence-electron chi connectivity index (χ2n) is 11.0. The molecule has 45 heavy (non-hydrogen) atoms. The molecule has 0 radical (unpaired) electrons. The highest BCUT2D eigenvalue weighted by atomic mass is 16.5. The molecule has 10 nitrogen and oxygen atoms in total. The molecule has 1 saturated heterocycles. The number of rotatable bonds is 16. The number of amides is 2. The number of carbonyl (C=O) groups excluding carboxylic acids is 3. The molecule has 1 heterocycles. The largest absolute Gasteiger partial charge is 0.494 e. The van der Waals surface area contributed by atoms with Crippen molar-refractivity contribution >= 4 is 29.4 Å². The summed E-state index contributed by atoms with van der Waals surface area (Å²) in [5.41, 5.74) is 1.86. The van der Waals surface area contributed by atoms with E-state index in [4.69, 9.17) is 14.2 Å². The molecule has 2 amide bonds. The van der Waals surface area contributed by atoms with Crippen molar-refractivity contribution in [2.75, 3.05) is 31.7 Å². The topological polar surface area (TPSA) is 131 Å². The summed E-state index contributed by atoms with van der Waals surface area (Å²) in [5, 5.41) is 12.3. The average molecular weight is 617 g/mol. The first-order valence-electron chi connectivity index (χ1n) is 15.4. The number of ether oxygens (including phenoxy) is 3. The van der Waals surface area contributed by atoms with E-state index in [1.807, 2.05) is 0 Å². The van der Waals surface area contributed by atoms with E-state index >= 15 is 0 Å². The predicted molar refractivity (Wildman–Crippen MR) is 168 cm³/mol. The number of benzene rings is 3. The minimum absolute atomic E-state index is 0.0274. The summed E-state index contributed by atoms with van der Waals surface area (Å²) < 4.78 is 16.5. The van der Waals surface area contributed by atoms with E-state index in [2.05, 4.69) is 12.2 Å². The summed E-state index contributed by atoms with van der Waals surface area (Å²) in [6, 6.07) is 19.7. The Hall–Kier alpha value is -4.70. The van der Waals surface area contributed by atoms with Crippen LogP contribution in [0, 0.1) is 5.92 Å². The first-order valence-corrected chi connectivity index (χ1v) is 15.4. The highest BCUT2D eigenvalue weighted by Gasteiger charge is 2.24. The Balaban J connectivity index is 1.29. The molecule has 0 saturated carbocycles. The van der Waals surface area contributed by atoms with Gasteiger partial charge in [-0.2, -0.15) is 0 Å². The molecular formula is C35H40N2O8. The molecule has 1 unspecified atom stereocenters. The maximum atomic E-state index is 13.2. The van der Waals surface area contributed by atoms with Crippen LogP contribution in [0.4, 0.5) is 5.69 Å². The predicted octanol–water partition coefficient (Wildman–Crippen LogP) is 5.96. The Kier molecular flexibility index (Phi) is 12.5. The Morgan fingerprint density at radius 3 is 2.18 bits per heavy atom. The van der Waals surface area contributed by atoms with Gasteiger partial charge in [0.25, 0.3) is 5.91 Å². The summed E-state index contributed by atoms with van der Waals surface area (Å²) in [5.74, 6) is -1.47. The van der Waals surface area contributed by atoms with Crippen molar-refractivity contribution in [1.82, 2.24) is 4.90 Å². The van der Waals surface area contributed by atoms with Gasteiger partial charge in [0.2, 0.25) is 5.91 Å². The number of carboxylic acids is 1. The average Bonchev–Trinajstić information content (AvgIpc) is 3.59. The van der Waals surface area contributed by atoms with Gasteiger partial charge in [-0.25, -0.2) is 4.79 Å². The summed E-state index contributed by atoms with van der Waals surface area (Å²) in [6.07, 6.45) is 6.44. The second kappa shape index (κ2) is 17.0. The van der Waals surface area contributed by atoms with Gasteiger partial charge in [0.15, 0.2) is 0 Å². The van der Waals surface area contributed by atoms with Gasteiger partial charge in [-0.3, -0.25) is 14.4 Å². The van der Waals surface area contributed by atoms with Gasteiger partial charge in [-0.05, 0) is 79.1 Å². The zero-order valence-corrected chi connectivity index (χ0v) is 25.5. The quantitative estimate of drug-likeness (QED) is 0.115. The van der Waals surface area contributed by atoms with Crippen molar-refractivity contribution in [1.29, 1.82) is 0 Å². The lowest BCUT2D eigenvalue weighted by atomic mass is 10.1. The molecule has 2 N–H and O–H groups in total. The zero-order chi connectivity index (χ0) is 32.0. The Bertz CT molecular complexity index is 1420. The molecule has 0 bridgehead atoms. The number of aliphatic carboxylic acids is 1. The summed E-state index contributed by atoms with van der Waals surface area (Å²) >= 11 is 0. The van der Waals surface area contributed by atoms with Gasteiger partial charge in [0, 0.05) is 24.4 Å². The number of anilines is 1. The maximum Gasteiger partial charge on any atom is 0.343 e. The first-order chi connectivity index (χ1) is 21.8. The van der Waals surface area contributed by atoms with Crippen molar-refractivity contribution < 1.29 is 38.5 Å². The minimum atomic E-state index is -1.15. The number of nitrogens with zero attached hydrogens (tertiary/aromatic N) is 1. The Morgan fingerprint density at radius 2 is 1.53 bits per heavy atom. The van der Waals surface area contributed by atoms with E-state index in [1.54, 1.807) is 72.8 Å². The van der Waals surface area contributed by atoms with Crippen LogP contribution in [0.15, 0.2) is 72.8 Å². The van der Waals surface area contributed by atoms with Crippen molar-refractivity contribution in [2.45, 2.75) is 52.0 Å². The minimum Gasteiger partial charge on any atom is -0.494 e. The van der Waals surface area contributed by atoms with E-state index < -0.39 is 24.4 Å². The smallest absolute Gasteiger partial charge is 0.343 e.